The number of para-hydroxylation sites is 2. The molecule has 1 aliphatic carbocycles. The molecule has 1 aromatic rings. The standard InChI is InChI=1S/C12H17NO2/c1-15-12-8-3-2-5-10(12)13-9-6-4-7-11(9)14/h2-3,5,8-9,11,13-14H,4,6-7H2,1H3/t9-,11-/m1/s1. The summed E-state index contributed by atoms with van der Waals surface area (Å²) in [6.07, 6.45) is 2.79. The average Bonchev–Trinajstić information content (AvgIpc) is 2.65. The van der Waals surface area contributed by atoms with Crippen molar-refractivity contribution in [1.29, 1.82) is 0 Å². The van der Waals surface area contributed by atoms with Crippen molar-refractivity contribution in [2.75, 3.05) is 12.4 Å². The minimum atomic E-state index is -0.227. The number of nitrogens with one attached hydrogen (secondary N) is 1. The van der Waals surface area contributed by atoms with Gasteiger partial charge < -0.3 is 15.2 Å². The van der Waals surface area contributed by atoms with Crippen LogP contribution in [-0.4, -0.2) is 24.4 Å². The molecule has 3 nitrogen and oxygen atoms in total. The summed E-state index contributed by atoms with van der Waals surface area (Å²) in [6.45, 7) is 0. The Labute approximate surface area is 90.1 Å². The van der Waals surface area contributed by atoms with Crippen LogP contribution in [0.2, 0.25) is 0 Å². The first kappa shape index (κ1) is 10.3. The number of rotatable bonds is 3. The Morgan fingerprint density at radius 1 is 1.33 bits per heavy atom. The van der Waals surface area contributed by atoms with E-state index >= 15 is 0 Å². The van der Waals surface area contributed by atoms with Gasteiger partial charge in [-0.1, -0.05) is 12.1 Å². The number of benzene rings is 1. The Bertz CT molecular complexity index is 327. The van der Waals surface area contributed by atoms with Gasteiger partial charge in [-0.2, -0.15) is 0 Å². The molecule has 1 aromatic carbocycles. The summed E-state index contributed by atoms with van der Waals surface area (Å²) in [4.78, 5) is 0. The highest BCUT2D eigenvalue weighted by Gasteiger charge is 2.25. The minimum absolute atomic E-state index is 0.168. The number of hydrogen-bond donors (Lipinski definition) is 2. The maximum absolute atomic E-state index is 9.71. The predicted molar refractivity (Wildman–Crippen MR) is 60.3 cm³/mol. The topological polar surface area (TPSA) is 41.5 Å². The van der Waals surface area contributed by atoms with Crippen LogP contribution in [0.5, 0.6) is 5.75 Å². The zero-order chi connectivity index (χ0) is 10.7. The number of aliphatic hydroxyl groups is 1. The van der Waals surface area contributed by atoms with E-state index in [4.69, 9.17) is 4.74 Å². The highest BCUT2D eigenvalue weighted by molar-refractivity contribution is 5.56. The average molecular weight is 207 g/mol. The molecule has 2 rings (SSSR count). The van der Waals surface area contributed by atoms with Crippen molar-refractivity contribution in [3.63, 3.8) is 0 Å². The number of aliphatic hydroxyl groups excluding tert-OH is 1. The number of anilines is 1. The van der Waals surface area contributed by atoms with Crippen molar-refractivity contribution in [3.8, 4) is 5.75 Å². The minimum Gasteiger partial charge on any atom is -0.495 e. The highest BCUT2D eigenvalue weighted by atomic mass is 16.5. The molecule has 0 aromatic heterocycles. The van der Waals surface area contributed by atoms with Crippen LogP contribution in [0.15, 0.2) is 24.3 Å². The normalized spacial score (nSPS) is 25.2. The fraction of sp³-hybridized carbons (Fsp3) is 0.500. The lowest BCUT2D eigenvalue weighted by atomic mass is 10.2. The summed E-state index contributed by atoms with van der Waals surface area (Å²) in [5.74, 6) is 0.830. The lowest BCUT2D eigenvalue weighted by Gasteiger charge is -2.19. The zero-order valence-corrected chi connectivity index (χ0v) is 8.94. The summed E-state index contributed by atoms with van der Waals surface area (Å²) in [5.41, 5.74) is 0.964. The van der Waals surface area contributed by atoms with Crippen molar-refractivity contribution in [3.05, 3.63) is 24.3 Å². The van der Waals surface area contributed by atoms with Crippen molar-refractivity contribution in [2.24, 2.45) is 0 Å². The molecule has 0 saturated heterocycles. The van der Waals surface area contributed by atoms with Gasteiger partial charge in [-0.25, -0.2) is 0 Å². The maximum atomic E-state index is 9.71. The van der Waals surface area contributed by atoms with Crippen molar-refractivity contribution in [1.82, 2.24) is 0 Å². The van der Waals surface area contributed by atoms with E-state index in [1.165, 1.54) is 0 Å². The smallest absolute Gasteiger partial charge is 0.141 e. The zero-order valence-electron chi connectivity index (χ0n) is 8.94. The maximum Gasteiger partial charge on any atom is 0.141 e. The largest absolute Gasteiger partial charge is 0.495 e. The molecule has 0 unspecified atom stereocenters. The van der Waals surface area contributed by atoms with Crippen LogP contribution in [-0.2, 0) is 0 Å². The first-order valence-electron chi connectivity index (χ1n) is 5.39. The van der Waals surface area contributed by atoms with Gasteiger partial charge in [-0.05, 0) is 31.4 Å². The van der Waals surface area contributed by atoms with Gasteiger partial charge in [0.25, 0.3) is 0 Å². The molecule has 82 valence electrons. The SMILES string of the molecule is COc1ccccc1N[C@@H]1CCC[C@H]1O. The molecule has 2 N–H and O–H groups in total. The molecule has 3 heteroatoms. The van der Waals surface area contributed by atoms with Crippen molar-refractivity contribution < 1.29 is 9.84 Å². The third-order valence-electron chi connectivity index (χ3n) is 2.93. The predicted octanol–water partition coefficient (Wildman–Crippen LogP) is 2.02. The third kappa shape index (κ3) is 2.23. The van der Waals surface area contributed by atoms with Crippen LogP contribution < -0.4 is 10.1 Å². The van der Waals surface area contributed by atoms with Gasteiger partial charge in [0, 0.05) is 0 Å². The highest BCUT2D eigenvalue weighted by Crippen LogP contribution is 2.28. The first-order chi connectivity index (χ1) is 7.31. The second-order valence-corrected chi connectivity index (χ2v) is 3.95. The van der Waals surface area contributed by atoms with E-state index in [1.54, 1.807) is 7.11 Å². The van der Waals surface area contributed by atoms with Crippen LogP contribution in [0, 0.1) is 0 Å². The Kier molecular flexibility index (Phi) is 3.11. The fourth-order valence-corrected chi connectivity index (χ4v) is 2.07. The molecule has 0 heterocycles. The Morgan fingerprint density at radius 2 is 2.13 bits per heavy atom. The Balaban J connectivity index is 2.09. The van der Waals surface area contributed by atoms with Crippen LogP contribution in [0.25, 0.3) is 0 Å². The molecule has 15 heavy (non-hydrogen) atoms. The monoisotopic (exact) mass is 207 g/mol. The van der Waals surface area contributed by atoms with Gasteiger partial charge in [0.05, 0.1) is 24.9 Å². The third-order valence-corrected chi connectivity index (χ3v) is 2.93. The molecular formula is C12H17NO2. The molecule has 1 aliphatic rings. The van der Waals surface area contributed by atoms with Crippen molar-refractivity contribution in [2.45, 2.75) is 31.4 Å². The lowest BCUT2D eigenvalue weighted by molar-refractivity contribution is 0.171. The summed E-state index contributed by atoms with van der Waals surface area (Å²) in [6, 6.07) is 7.97. The summed E-state index contributed by atoms with van der Waals surface area (Å²) in [7, 11) is 1.66. The Morgan fingerprint density at radius 3 is 2.80 bits per heavy atom. The molecule has 0 aliphatic heterocycles. The van der Waals surface area contributed by atoms with Crippen LogP contribution in [0.4, 0.5) is 5.69 Å². The second kappa shape index (κ2) is 4.53. The van der Waals surface area contributed by atoms with Crippen LogP contribution in [0.3, 0.4) is 0 Å². The van der Waals surface area contributed by atoms with Gasteiger partial charge in [-0.15, -0.1) is 0 Å². The first-order valence-corrected chi connectivity index (χ1v) is 5.39. The van der Waals surface area contributed by atoms with Crippen LogP contribution in [0.1, 0.15) is 19.3 Å². The molecule has 0 spiro atoms. The molecule has 0 bridgehead atoms. The van der Waals surface area contributed by atoms with E-state index in [0.717, 1.165) is 30.7 Å². The van der Waals surface area contributed by atoms with Gasteiger partial charge in [0.1, 0.15) is 5.75 Å². The molecule has 0 amide bonds. The van der Waals surface area contributed by atoms with E-state index in [1.807, 2.05) is 24.3 Å². The second-order valence-electron chi connectivity index (χ2n) is 3.95. The summed E-state index contributed by atoms with van der Waals surface area (Å²) in [5, 5.41) is 13.0. The van der Waals surface area contributed by atoms with E-state index in [9.17, 15) is 5.11 Å². The van der Waals surface area contributed by atoms with Gasteiger partial charge in [-0.3, -0.25) is 0 Å². The number of methoxy groups -OCH3 is 1. The molecule has 1 saturated carbocycles. The van der Waals surface area contributed by atoms with Gasteiger partial charge in [0.15, 0.2) is 0 Å². The Hall–Kier alpha value is -1.22. The summed E-state index contributed by atoms with van der Waals surface area (Å²) >= 11 is 0. The summed E-state index contributed by atoms with van der Waals surface area (Å²) < 4.78 is 5.25. The van der Waals surface area contributed by atoms with E-state index < -0.39 is 0 Å². The fourth-order valence-electron chi connectivity index (χ4n) is 2.07. The van der Waals surface area contributed by atoms with E-state index in [-0.39, 0.29) is 12.1 Å². The number of ether oxygens (including phenoxy) is 1. The van der Waals surface area contributed by atoms with Gasteiger partial charge >= 0.3 is 0 Å². The van der Waals surface area contributed by atoms with Crippen LogP contribution >= 0.6 is 0 Å². The molecule has 2 atom stereocenters. The quantitative estimate of drug-likeness (QED) is 0.796. The van der Waals surface area contributed by atoms with Crippen molar-refractivity contribution >= 4 is 5.69 Å². The lowest BCUT2D eigenvalue weighted by Crippen LogP contribution is -2.28. The van der Waals surface area contributed by atoms with E-state index in [2.05, 4.69) is 5.32 Å². The van der Waals surface area contributed by atoms with Gasteiger partial charge in [0.2, 0.25) is 0 Å². The number of hydrogen-bond acceptors (Lipinski definition) is 3. The molecular weight excluding hydrogens is 190 g/mol. The van der Waals surface area contributed by atoms with E-state index in [0.29, 0.717) is 0 Å². The molecule has 1 fully saturated rings. The molecule has 0 radical (unpaired) electrons.